The SMILES string of the molecule is O=C(O)c1cc(Br)ccc1N1CCC(Oc2ccc(C(F)(F)F)cn2)C1. The van der Waals surface area contributed by atoms with Gasteiger partial charge in [0.15, 0.2) is 0 Å². The van der Waals surface area contributed by atoms with Crippen molar-refractivity contribution < 1.29 is 27.8 Å². The predicted octanol–water partition coefficient (Wildman–Crippen LogP) is 4.22. The number of anilines is 1. The molecule has 1 fully saturated rings. The average Bonchev–Trinajstić information content (AvgIpc) is 3.02. The lowest BCUT2D eigenvalue weighted by Gasteiger charge is -2.21. The lowest BCUT2D eigenvalue weighted by atomic mass is 10.1. The smallest absolute Gasteiger partial charge is 0.417 e. The summed E-state index contributed by atoms with van der Waals surface area (Å²) in [6.45, 7) is 0.998. The van der Waals surface area contributed by atoms with E-state index in [0.717, 1.165) is 12.3 Å². The monoisotopic (exact) mass is 430 g/mol. The van der Waals surface area contributed by atoms with E-state index < -0.39 is 17.7 Å². The van der Waals surface area contributed by atoms with Gasteiger partial charge in [-0.15, -0.1) is 0 Å². The first kappa shape index (κ1) is 18.5. The van der Waals surface area contributed by atoms with Crippen molar-refractivity contribution in [2.75, 3.05) is 18.0 Å². The molecule has 0 amide bonds. The molecule has 1 aliphatic heterocycles. The van der Waals surface area contributed by atoms with Gasteiger partial charge < -0.3 is 14.7 Å². The molecule has 1 aromatic carbocycles. The van der Waals surface area contributed by atoms with Gasteiger partial charge in [0.2, 0.25) is 5.88 Å². The second-order valence-electron chi connectivity index (χ2n) is 5.82. The number of rotatable bonds is 4. The van der Waals surface area contributed by atoms with Gasteiger partial charge in [-0.05, 0) is 24.3 Å². The van der Waals surface area contributed by atoms with Crippen LogP contribution in [0.1, 0.15) is 22.3 Å². The number of pyridine rings is 1. The van der Waals surface area contributed by atoms with Crippen LogP contribution < -0.4 is 9.64 Å². The maximum atomic E-state index is 12.6. The molecule has 1 atom stereocenters. The van der Waals surface area contributed by atoms with Crippen LogP contribution in [0.3, 0.4) is 0 Å². The Bertz CT molecular complexity index is 812. The Labute approximate surface area is 155 Å². The summed E-state index contributed by atoms with van der Waals surface area (Å²) in [5.74, 6) is -0.922. The summed E-state index contributed by atoms with van der Waals surface area (Å²) in [5.41, 5.74) is -0.0845. The topological polar surface area (TPSA) is 62.7 Å². The summed E-state index contributed by atoms with van der Waals surface area (Å²) >= 11 is 3.25. The molecule has 5 nitrogen and oxygen atoms in total. The molecule has 3 rings (SSSR count). The number of ether oxygens (including phenoxy) is 1. The van der Waals surface area contributed by atoms with Gasteiger partial charge in [-0.25, -0.2) is 9.78 Å². The van der Waals surface area contributed by atoms with E-state index in [-0.39, 0.29) is 17.5 Å². The van der Waals surface area contributed by atoms with Gasteiger partial charge in [0.05, 0.1) is 23.4 Å². The summed E-state index contributed by atoms with van der Waals surface area (Å²) in [6.07, 6.45) is -3.38. The van der Waals surface area contributed by atoms with E-state index in [1.807, 2.05) is 4.90 Å². The van der Waals surface area contributed by atoms with E-state index in [1.165, 1.54) is 12.1 Å². The number of carbonyl (C=O) groups is 1. The van der Waals surface area contributed by atoms with Crippen molar-refractivity contribution in [1.29, 1.82) is 0 Å². The highest BCUT2D eigenvalue weighted by molar-refractivity contribution is 9.10. The quantitative estimate of drug-likeness (QED) is 0.786. The zero-order valence-electron chi connectivity index (χ0n) is 13.3. The van der Waals surface area contributed by atoms with Crippen LogP contribution in [0.25, 0.3) is 0 Å². The molecule has 138 valence electrons. The summed E-state index contributed by atoms with van der Waals surface area (Å²) in [4.78, 5) is 17.0. The van der Waals surface area contributed by atoms with Crippen LogP contribution in [-0.2, 0) is 6.18 Å². The summed E-state index contributed by atoms with van der Waals surface area (Å²) in [6, 6.07) is 7.11. The average molecular weight is 431 g/mol. The Morgan fingerprint density at radius 3 is 2.69 bits per heavy atom. The van der Waals surface area contributed by atoms with E-state index in [9.17, 15) is 23.1 Å². The number of benzene rings is 1. The molecule has 1 aliphatic rings. The van der Waals surface area contributed by atoms with Gasteiger partial charge in [0.1, 0.15) is 6.10 Å². The summed E-state index contributed by atoms with van der Waals surface area (Å²) in [7, 11) is 0. The maximum absolute atomic E-state index is 12.6. The standard InChI is InChI=1S/C17H14BrF3N2O3/c18-11-2-3-14(13(7-11)16(24)25)23-6-5-12(9-23)26-15-4-1-10(8-22-15)17(19,20)21/h1-4,7-8,12H,5-6,9H2,(H,24,25). The molecule has 0 saturated carbocycles. The van der Waals surface area contributed by atoms with Crippen molar-refractivity contribution in [2.24, 2.45) is 0 Å². The fourth-order valence-electron chi connectivity index (χ4n) is 2.79. The molecule has 1 saturated heterocycles. The first-order chi connectivity index (χ1) is 12.2. The number of carboxylic acids is 1. The number of hydrogen-bond donors (Lipinski definition) is 1. The van der Waals surface area contributed by atoms with Crippen LogP contribution in [0, 0.1) is 0 Å². The molecule has 9 heteroatoms. The maximum Gasteiger partial charge on any atom is 0.417 e. The summed E-state index contributed by atoms with van der Waals surface area (Å²) in [5, 5.41) is 9.36. The van der Waals surface area contributed by atoms with Crippen LogP contribution in [-0.4, -0.2) is 35.3 Å². The second kappa shape index (κ2) is 7.14. The zero-order chi connectivity index (χ0) is 18.9. The minimum absolute atomic E-state index is 0.110. The van der Waals surface area contributed by atoms with Crippen molar-refractivity contribution in [3.63, 3.8) is 0 Å². The second-order valence-corrected chi connectivity index (χ2v) is 6.74. The lowest BCUT2D eigenvalue weighted by Crippen LogP contribution is -2.26. The molecule has 26 heavy (non-hydrogen) atoms. The number of alkyl halides is 3. The third kappa shape index (κ3) is 4.09. The Hall–Kier alpha value is -2.29. The van der Waals surface area contributed by atoms with Crippen LogP contribution in [0.15, 0.2) is 41.0 Å². The molecule has 2 heterocycles. The molecule has 0 spiro atoms. The first-order valence-electron chi connectivity index (χ1n) is 7.72. The predicted molar refractivity (Wildman–Crippen MR) is 91.6 cm³/mol. The fourth-order valence-corrected chi connectivity index (χ4v) is 3.15. The van der Waals surface area contributed by atoms with E-state index in [4.69, 9.17) is 4.74 Å². The van der Waals surface area contributed by atoms with Crippen LogP contribution >= 0.6 is 15.9 Å². The molecular formula is C17H14BrF3N2O3. The van der Waals surface area contributed by atoms with Gasteiger partial charge in [0, 0.05) is 29.7 Å². The molecule has 1 unspecified atom stereocenters. The van der Waals surface area contributed by atoms with E-state index in [1.54, 1.807) is 12.1 Å². The first-order valence-corrected chi connectivity index (χ1v) is 8.51. The fraction of sp³-hybridized carbons (Fsp3) is 0.294. The lowest BCUT2D eigenvalue weighted by molar-refractivity contribution is -0.137. The normalized spacial score (nSPS) is 17.4. The van der Waals surface area contributed by atoms with Gasteiger partial charge in [-0.3, -0.25) is 0 Å². The molecule has 0 radical (unpaired) electrons. The Morgan fingerprint density at radius 1 is 1.31 bits per heavy atom. The van der Waals surface area contributed by atoms with Crippen LogP contribution in [0.2, 0.25) is 0 Å². The number of carboxylic acid groups (broad SMARTS) is 1. The number of hydrogen-bond acceptors (Lipinski definition) is 4. The molecule has 2 aromatic rings. The van der Waals surface area contributed by atoms with Crippen molar-refractivity contribution in [3.8, 4) is 5.88 Å². The molecule has 0 bridgehead atoms. The van der Waals surface area contributed by atoms with Gasteiger partial charge in [0.25, 0.3) is 0 Å². The van der Waals surface area contributed by atoms with E-state index >= 15 is 0 Å². The highest BCUT2D eigenvalue weighted by Crippen LogP contribution is 2.31. The van der Waals surface area contributed by atoms with Gasteiger partial charge in [-0.2, -0.15) is 13.2 Å². The molecule has 0 aliphatic carbocycles. The van der Waals surface area contributed by atoms with E-state index in [2.05, 4.69) is 20.9 Å². The summed E-state index contributed by atoms with van der Waals surface area (Å²) < 4.78 is 44.0. The molecular weight excluding hydrogens is 417 g/mol. The van der Waals surface area contributed by atoms with Crippen LogP contribution in [0.4, 0.5) is 18.9 Å². The number of aromatic nitrogens is 1. The van der Waals surface area contributed by atoms with E-state index in [0.29, 0.717) is 29.7 Å². The third-order valence-corrected chi connectivity index (χ3v) is 4.52. The number of nitrogens with zero attached hydrogens (tertiary/aromatic N) is 2. The van der Waals surface area contributed by atoms with Gasteiger partial charge >= 0.3 is 12.1 Å². The van der Waals surface area contributed by atoms with Crippen LogP contribution in [0.5, 0.6) is 5.88 Å². The van der Waals surface area contributed by atoms with Gasteiger partial charge in [-0.1, -0.05) is 15.9 Å². The molecule has 1 N–H and O–H groups in total. The Kier molecular flexibility index (Phi) is 5.08. The highest BCUT2D eigenvalue weighted by Gasteiger charge is 2.31. The minimum atomic E-state index is -4.44. The Balaban J connectivity index is 1.69. The molecule has 1 aromatic heterocycles. The number of aromatic carboxylic acids is 1. The Morgan fingerprint density at radius 2 is 2.08 bits per heavy atom. The van der Waals surface area contributed by atoms with Crippen molar-refractivity contribution >= 4 is 27.6 Å². The number of halogens is 4. The minimum Gasteiger partial charge on any atom is -0.478 e. The highest BCUT2D eigenvalue weighted by atomic mass is 79.9. The largest absolute Gasteiger partial charge is 0.478 e. The zero-order valence-corrected chi connectivity index (χ0v) is 14.9. The van der Waals surface area contributed by atoms with Crippen molar-refractivity contribution in [3.05, 3.63) is 52.1 Å². The van der Waals surface area contributed by atoms with Crippen molar-refractivity contribution in [1.82, 2.24) is 4.98 Å². The van der Waals surface area contributed by atoms with Crippen molar-refractivity contribution in [2.45, 2.75) is 18.7 Å². The third-order valence-electron chi connectivity index (χ3n) is 4.03.